The molecule has 0 fully saturated rings. The summed E-state index contributed by atoms with van der Waals surface area (Å²) < 4.78 is 5.87. The number of anilines is 1. The lowest BCUT2D eigenvalue weighted by atomic mass is 10.0. The fraction of sp³-hybridized carbons (Fsp3) is 0.200. The van der Waals surface area contributed by atoms with Gasteiger partial charge >= 0.3 is 0 Å². The number of H-pyrrole nitrogens is 1. The fourth-order valence-electron chi connectivity index (χ4n) is 2.05. The zero-order valence-electron chi connectivity index (χ0n) is 12.2. The molecule has 3 rings (SSSR count). The minimum Gasteiger partial charge on any atom is -0.483 e. The first-order valence-electron chi connectivity index (χ1n) is 6.70. The molecule has 1 aliphatic heterocycles. The minimum absolute atomic E-state index is 0.248. The molecule has 0 aliphatic carbocycles. The van der Waals surface area contributed by atoms with E-state index < -0.39 is 0 Å². The van der Waals surface area contributed by atoms with Crippen LogP contribution in [0.15, 0.2) is 30.5 Å². The van der Waals surface area contributed by atoms with Crippen molar-refractivity contribution in [3.05, 3.63) is 41.9 Å². The van der Waals surface area contributed by atoms with Crippen LogP contribution < -0.4 is 10.1 Å². The number of benzene rings is 1. The van der Waals surface area contributed by atoms with Crippen LogP contribution in [0.25, 0.3) is 11.6 Å². The summed E-state index contributed by atoms with van der Waals surface area (Å²) in [7, 11) is 0. The number of fused-ring (bicyclic) bond motifs is 1. The number of nitriles is 1. The first kappa shape index (κ1) is 13.8. The fourth-order valence-corrected chi connectivity index (χ4v) is 2.05. The number of hydrogen-bond donors (Lipinski definition) is 2. The van der Waals surface area contributed by atoms with Crippen molar-refractivity contribution in [2.24, 2.45) is 0 Å². The average molecular weight is 294 g/mol. The molecule has 0 bridgehead atoms. The average Bonchev–Trinajstić information content (AvgIpc) is 3.01. The summed E-state index contributed by atoms with van der Waals surface area (Å²) in [5, 5.41) is 25.5. The minimum atomic E-state index is -0.297. The maximum absolute atomic E-state index is 9.11. The maximum Gasteiger partial charge on any atom is 0.216 e. The molecule has 0 unspecified atom stereocenters. The molecule has 22 heavy (non-hydrogen) atoms. The van der Waals surface area contributed by atoms with Gasteiger partial charge in [0.15, 0.2) is 0 Å². The maximum atomic E-state index is 9.11. The van der Waals surface area contributed by atoms with Crippen molar-refractivity contribution >= 4 is 17.3 Å². The zero-order valence-corrected chi connectivity index (χ0v) is 12.2. The van der Waals surface area contributed by atoms with Crippen LogP contribution in [0.4, 0.5) is 5.69 Å². The van der Waals surface area contributed by atoms with Gasteiger partial charge in [-0.05, 0) is 43.3 Å². The van der Waals surface area contributed by atoms with E-state index in [1.54, 1.807) is 6.20 Å². The number of tetrazole rings is 1. The van der Waals surface area contributed by atoms with E-state index in [1.807, 2.05) is 50.3 Å². The van der Waals surface area contributed by atoms with Gasteiger partial charge in [-0.3, -0.25) is 0 Å². The lowest BCUT2D eigenvalue weighted by Crippen LogP contribution is -2.27. The quantitative estimate of drug-likeness (QED) is 0.843. The molecule has 0 atom stereocenters. The summed E-state index contributed by atoms with van der Waals surface area (Å²) in [6.07, 6.45) is 5.58. The highest BCUT2D eigenvalue weighted by Gasteiger charge is 2.21. The van der Waals surface area contributed by atoms with Crippen molar-refractivity contribution in [2.45, 2.75) is 19.4 Å². The predicted molar refractivity (Wildman–Crippen MR) is 81.6 cm³/mol. The highest BCUT2D eigenvalue weighted by atomic mass is 16.5. The van der Waals surface area contributed by atoms with E-state index in [2.05, 4.69) is 25.9 Å². The molecule has 0 spiro atoms. The van der Waals surface area contributed by atoms with E-state index >= 15 is 0 Å². The number of ether oxygens (including phenoxy) is 1. The number of rotatable bonds is 3. The first-order valence-corrected chi connectivity index (χ1v) is 6.70. The van der Waals surface area contributed by atoms with Crippen molar-refractivity contribution < 1.29 is 4.74 Å². The molecule has 2 aromatic rings. The summed E-state index contributed by atoms with van der Waals surface area (Å²) in [4.78, 5) is 0. The van der Waals surface area contributed by atoms with E-state index in [0.717, 1.165) is 17.0 Å². The van der Waals surface area contributed by atoms with E-state index in [1.165, 1.54) is 0 Å². The number of allylic oxidation sites excluding steroid dienone is 1. The van der Waals surface area contributed by atoms with Crippen molar-refractivity contribution in [2.75, 3.05) is 5.32 Å². The Hall–Kier alpha value is -3.14. The second kappa shape index (κ2) is 5.33. The molecule has 0 saturated carbocycles. The molecule has 0 radical (unpaired) electrons. The highest BCUT2D eigenvalue weighted by Crippen LogP contribution is 2.32. The zero-order chi connectivity index (χ0) is 15.6. The Balaban J connectivity index is 1.82. The second-order valence-electron chi connectivity index (χ2n) is 5.34. The lowest BCUT2D eigenvalue weighted by Gasteiger charge is -2.28. The van der Waals surface area contributed by atoms with Crippen molar-refractivity contribution in [1.29, 1.82) is 5.26 Å². The van der Waals surface area contributed by atoms with E-state index in [4.69, 9.17) is 10.00 Å². The number of aromatic amines is 1. The molecule has 1 aromatic carbocycles. The van der Waals surface area contributed by atoms with Gasteiger partial charge in [0, 0.05) is 17.5 Å². The van der Waals surface area contributed by atoms with Gasteiger partial charge in [0.1, 0.15) is 23.0 Å². The van der Waals surface area contributed by atoms with Crippen LogP contribution in [0.5, 0.6) is 5.75 Å². The number of nitrogens with zero attached hydrogens (tertiary/aromatic N) is 4. The number of aromatic nitrogens is 4. The Bertz CT molecular complexity index is 783. The Kier molecular flexibility index (Phi) is 3.35. The van der Waals surface area contributed by atoms with E-state index in [-0.39, 0.29) is 11.4 Å². The first-order chi connectivity index (χ1) is 10.6. The Morgan fingerprint density at radius 1 is 1.45 bits per heavy atom. The Morgan fingerprint density at radius 3 is 3.05 bits per heavy atom. The van der Waals surface area contributed by atoms with Gasteiger partial charge in [0.05, 0.1) is 0 Å². The van der Waals surface area contributed by atoms with Gasteiger partial charge in [-0.25, -0.2) is 0 Å². The predicted octanol–water partition coefficient (Wildman–Crippen LogP) is 2.36. The van der Waals surface area contributed by atoms with Crippen LogP contribution in [0.2, 0.25) is 0 Å². The third kappa shape index (κ3) is 2.81. The molecular weight excluding hydrogens is 280 g/mol. The Morgan fingerprint density at radius 2 is 2.32 bits per heavy atom. The van der Waals surface area contributed by atoms with Gasteiger partial charge in [-0.1, -0.05) is 6.08 Å². The molecule has 110 valence electrons. The van der Waals surface area contributed by atoms with Crippen LogP contribution in [-0.4, -0.2) is 26.2 Å². The topological polar surface area (TPSA) is 99.5 Å². The molecule has 1 aliphatic rings. The summed E-state index contributed by atoms with van der Waals surface area (Å²) in [5.41, 5.74) is 1.81. The largest absolute Gasteiger partial charge is 0.483 e. The monoisotopic (exact) mass is 294 g/mol. The van der Waals surface area contributed by atoms with Crippen LogP contribution in [0, 0.1) is 11.3 Å². The molecule has 2 heterocycles. The summed E-state index contributed by atoms with van der Waals surface area (Å²) in [6, 6.07) is 7.75. The lowest BCUT2D eigenvalue weighted by molar-refractivity contribution is 0.159. The normalized spacial score (nSPS) is 15.6. The molecule has 1 aromatic heterocycles. The molecule has 7 heteroatoms. The van der Waals surface area contributed by atoms with Gasteiger partial charge in [0.2, 0.25) is 5.82 Å². The van der Waals surface area contributed by atoms with E-state index in [0.29, 0.717) is 5.57 Å². The van der Waals surface area contributed by atoms with Crippen LogP contribution in [0.1, 0.15) is 25.2 Å². The van der Waals surface area contributed by atoms with Crippen molar-refractivity contribution in [1.82, 2.24) is 20.6 Å². The molecule has 2 N–H and O–H groups in total. The molecule has 7 nitrogen and oxygen atoms in total. The third-order valence-corrected chi connectivity index (χ3v) is 3.14. The van der Waals surface area contributed by atoms with E-state index in [9.17, 15) is 0 Å². The molecule has 0 saturated heterocycles. The van der Waals surface area contributed by atoms with Gasteiger partial charge in [0.25, 0.3) is 0 Å². The standard InChI is InChI=1S/C15H14N6O/c1-15(2)6-5-10-7-12(3-4-13(10)22-15)17-9-11(8-16)14-18-20-21-19-14/h3-7,9,17H,1-2H3,(H,18,19,20,21). The third-order valence-electron chi connectivity index (χ3n) is 3.14. The Labute approximate surface area is 127 Å². The smallest absolute Gasteiger partial charge is 0.216 e. The van der Waals surface area contributed by atoms with Crippen molar-refractivity contribution in [3.8, 4) is 11.8 Å². The molecular formula is C15H14N6O. The number of hydrogen-bond acceptors (Lipinski definition) is 6. The highest BCUT2D eigenvalue weighted by molar-refractivity contribution is 5.75. The van der Waals surface area contributed by atoms with Crippen LogP contribution in [-0.2, 0) is 0 Å². The SMILES string of the molecule is CC1(C)C=Cc2cc(NC=C(C#N)c3nn[nH]n3)ccc2O1. The number of nitrogens with one attached hydrogen (secondary N) is 2. The van der Waals surface area contributed by atoms with Gasteiger partial charge in [-0.15, -0.1) is 10.2 Å². The second-order valence-corrected chi connectivity index (χ2v) is 5.34. The van der Waals surface area contributed by atoms with Gasteiger partial charge < -0.3 is 10.1 Å². The summed E-state index contributed by atoms with van der Waals surface area (Å²) >= 11 is 0. The van der Waals surface area contributed by atoms with Crippen LogP contribution in [0.3, 0.4) is 0 Å². The van der Waals surface area contributed by atoms with Crippen LogP contribution >= 0.6 is 0 Å². The van der Waals surface area contributed by atoms with Crippen molar-refractivity contribution in [3.63, 3.8) is 0 Å². The summed E-state index contributed by atoms with van der Waals surface area (Å²) in [5.74, 6) is 1.08. The van der Waals surface area contributed by atoms with Gasteiger partial charge in [-0.2, -0.15) is 10.5 Å². The summed E-state index contributed by atoms with van der Waals surface area (Å²) in [6.45, 7) is 4.01. The molecule has 0 amide bonds.